The fraction of sp³-hybridized carbons (Fsp3) is 0.111. The van der Waals surface area contributed by atoms with Crippen molar-refractivity contribution in [3.63, 3.8) is 0 Å². The molecule has 0 bridgehead atoms. The van der Waals surface area contributed by atoms with Gasteiger partial charge in [-0.2, -0.15) is 0 Å². The molecule has 2 aromatic carbocycles. The number of nitrogens with one attached hydrogen (secondary N) is 3. The molecule has 1 atom stereocenters. The van der Waals surface area contributed by atoms with Crippen LogP contribution in [0.15, 0.2) is 47.7 Å². The van der Waals surface area contributed by atoms with Gasteiger partial charge in [0.05, 0.1) is 27.3 Å². The van der Waals surface area contributed by atoms with Gasteiger partial charge >= 0.3 is 6.03 Å². The summed E-state index contributed by atoms with van der Waals surface area (Å²) in [6, 6.07) is 8.54. The third-order valence-corrected chi connectivity index (χ3v) is 5.37. The van der Waals surface area contributed by atoms with Gasteiger partial charge < -0.3 is 16.0 Å². The fourth-order valence-electron chi connectivity index (χ4n) is 2.75. The minimum Gasteiger partial charge on any atom is -0.327 e. The second-order valence-corrected chi connectivity index (χ2v) is 7.42. The number of benzene rings is 2. The maximum Gasteiger partial charge on any atom is 0.319 e. The number of urea groups is 1. The van der Waals surface area contributed by atoms with Gasteiger partial charge in [-0.05, 0) is 36.8 Å². The molecule has 3 amide bonds. The van der Waals surface area contributed by atoms with Crippen molar-refractivity contribution in [1.29, 1.82) is 0 Å². The first-order chi connectivity index (χ1) is 12.8. The summed E-state index contributed by atoms with van der Waals surface area (Å²) in [5.74, 6) is -0.458. The Kier molecular flexibility index (Phi) is 5.86. The second-order valence-electron chi connectivity index (χ2n) is 5.79. The van der Waals surface area contributed by atoms with Crippen molar-refractivity contribution < 1.29 is 9.59 Å². The summed E-state index contributed by atoms with van der Waals surface area (Å²) in [6.07, 6.45) is 0. The summed E-state index contributed by atoms with van der Waals surface area (Å²) >= 11 is 24.4. The smallest absolute Gasteiger partial charge is 0.319 e. The molecular weight excluding hydrogens is 432 g/mol. The highest BCUT2D eigenvalue weighted by molar-refractivity contribution is 6.44. The van der Waals surface area contributed by atoms with Gasteiger partial charge in [0.2, 0.25) is 0 Å². The molecule has 0 radical (unpaired) electrons. The number of carbonyl (C=O) groups excluding carboxylic acids is 2. The number of rotatable bonds is 3. The highest BCUT2D eigenvalue weighted by Gasteiger charge is 2.32. The maximum absolute atomic E-state index is 13.0. The van der Waals surface area contributed by atoms with Crippen LogP contribution < -0.4 is 16.0 Å². The molecule has 1 aliphatic heterocycles. The molecule has 0 aliphatic carbocycles. The van der Waals surface area contributed by atoms with E-state index in [1.165, 1.54) is 0 Å². The topological polar surface area (TPSA) is 70.2 Å². The first kappa shape index (κ1) is 19.8. The van der Waals surface area contributed by atoms with E-state index in [4.69, 9.17) is 46.4 Å². The van der Waals surface area contributed by atoms with Crippen LogP contribution in [0.25, 0.3) is 0 Å². The van der Waals surface area contributed by atoms with E-state index in [0.717, 1.165) is 0 Å². The first-order valence-corrected chi connectivity index (χ1v) is 9.27. The van der Waals surface area contributed by atoms with E-state index >= 15 is 0 Å². The van der Waals surface area contributed by atoms with E-state index in [1.807, 2.05) is 0 Å². The van der Waals surface area contributed by atoms with Crippen LogP contribution in [0.5, 0.6) is 0 Å². The van der Waals surface area contributed by atoms with Gasteiger partial charge in [0.1, 0.15) is 0 Å². The zero-order chi connectivity index (χ0) is 19.7. The molecule has 3 rings (SSSR count). The lowest BCUT2D eigenvalue weighted by atomic mass is 9.94. The summed E-state index contributed by atoms with van der Waals surface area (Å²) in [7, 11) is 0. The molecule has 1 unspecified atom stereocenters. The van der Waals surface area contributed by atoms with Crippen molar-refractivity contribution in [2.45, 2.75) is 13.0 Å². The molecule has 1 aliphatic rings. The number of allylic oxidation sites excluding steroid dienone is 1. The average Bonchev–Trinajstić information content (AvgIpc) is 2.58. The third kappa shape index (κ3) is 4.17. The molecule has 1 heterocycles. The predicted octanol–water partition coefficient (Wildman–Crippen LogP) is 5.57. The summed E-state index contributed by atoms with van der Waals surface area (Å²) in [4.78, 5) is 24.9. The highest BCUT2D eigenvalue weighted by Crippen LogP contribution is 2.35. The van der Waals surface area contributed by atoms with Crippen LogP contribution in [-0.2, 0) is 4.79 Å². The molecule has 3 N–H and O–H groups in total. The van der Waals surface area contributed by atoms with Gasteiger partial charge in [-0.1, -0.05) is 58.5 Å². The van der Waals surface area contributed by atoms with Crippen molar-refractivity contribution in [3.8, 4) is 0 Å². The monoisotopic (exact) mass is 443 g/mol. The van der Waals surface area contributed by atoms with Crippen molar-refractivity contribution in [2.75, 3.05) is 5.32 Å². The lowest BCUT2D eigenvalue weighted by molar-refractivity contribution is -0.113. The van der Waals surface area contributed by atoms with Crippen LogP contribution in [-0.4, -0.2) is 11.9 Å². The Labute approximate surface area is 175 Å². The van der Waals surface area contributed by atoms with Crippen LogP contribution in [0.2, 0.25) is 20.1 Å². The number of hydrogen-bond donors (Lipinski definition) is 3. The molecule has 0 saturated carbocycles. The van der Waals surface area contributed by atoms with Crippen molar-refractivity contribution in [2.24, 2.45) is 0 Å². The summed E-state index contributed by atoms with van der Waals surface area (Å²) in [6.45, 7) is 1.63. The number of anilines is 1. The minimum atomic E-state index is -0.763. The van der Waals surface area contributed by atoms with E-state index in [1.54, 1.807) is 43.3 Å². The maximum atomic E-state index is 13.0. The van der Waals surface area contributed by atoms with E-state index in [9.17, 15) is 9.59 Å². The Hall–Kier alpha value is -1.92. The third-order valence-electron chi connectivity index (χ3n) is 3.99. The van der Waals surface area contributed by atoms with Crippen LogP contribution in [0.4, 0.5) is 10.5 Å². The van der Waals surface area contributed by atoms with Crippen LogP contribution >= 0.6 is 46.4 Å². The van der Waals surface area contributed by atoms with Gasteiger partial charge in [0.25, 0.3) is 5.91 Å². The Bertz CT molecular complexity index is 975. The lowest BCUT2D eigenvalue weighted by Gasteiger charge is -2.29. The normalized spacial score (nSPS) is 16.6. The van der Waals surface area contributed by atoms with Crippen molar-refractivity contribution in [1.82, 2.24) is 10.6 Å². The number of amides is 3. The largest absolute Gasteiger partial charge is 0.327 e. The molecule has 9 heteroatoms. The Morgan fingerprint density at radius 2 is 1.81 bits per heavy atom. The van der Waals surface area contributed by atoms with E-state index in [0.29, 0.717) is 32.0 Å². The Morgan fingerprint density at radius 1 is 1.07 bits per heavy atom. The first-order valence-electron chi connectivity index (χ1n) is 7.76. The van der Waals surface area contributed by atoms with Gasteiger partial charge in [0.15, 0.2) is 0 Å². The van der Waals surface area contributed by atoms with Gasteiger partial charge in [-0.25, -0.2) is 4.79 Å². The van der Waals surface area contributed by atoms with E-state index in [-0.39, 0.29) is 10.6 Å². The minimum absolute atomic E-state index is 0.222. The predicted molar refractivity (Wildman–Crippen MR) is 109 cm³/mol. The summed E-state index contributed by atoms with van der Waals surface area (Å²) in [5.41, 5.74) is 1.57. The molecule has 2 aromatic rings. The summed E-state index contributed by atoms with van der Waals surface area (Å²) in [5, 5.41) is 9.33. The van der Waals surface area contributed by atoms with Crippen molar-refractivity contribution in [3.05, 3.63) is 73.3 Å². The Balaban J connectivity index is 2.01. The highest BCUT2D eigenvalue weighted by atomic mass is 35.5. The molecule has 0 fully saturated rings. The van der Waals surface area contributed by atoms with Crippen LogP contribution in [0.1, 0.15) is 18.5 Å². The molecule has 140 valence electrons. The molecule has 5 nitrogen and oxygen atoms in total. The second kappa shape index (κ2) is 7.98. The molecule has 0 aromatic heterocycles. The quantitative estimate of drug-likeness (QED) is 0.579. The summed E-state index contributed by atoms with van der Waals surface area (Å²) < 4.78 is 0. The van der Waals surface area contributed by atoms with Gasteiger partial charge in [-0.3, -0.25) is 4.79 Å². The van der Waals surface area contributed by atoms with Crippen LogP contribution in [0.3, 0.4) is 0 Å². The zero-order valence-corrected chi connectivity index (χ0v) is 16.9. The molecule has 27 heavy (non-hydrogen) atoms. The number of hydrogen-bond acceptors (Lipinski definition) is 2. The fourth-order valence-corrected chi connectivity index (χ4v) is 3.62. The van der Waals surface area contributed by atoms with E-state index < -0.39 is 18.0 Å². The molecular formula is C18H13Cl4N3O2. The Morgan fingerprint density at radius 3 is 2.52 bits per heavy atom. The van der Waals surface area contributed by atoms with Gasteiger partial charge in [0, 0.05) is 15.7 Å². The molecule has 0 saturated heterocycles. The van der Waals surface area contributed by atoms with Crippen LogP contribution in [0, 0.1) is 0 Å². The molecule has 0 spiro atoms. The zero-order valence-electron chi connectivity index (χ0n) is 13.9. The standard InChI is InChI=1S/C18H13Cl4N3O2/c1-8-14(17(26)24-13-4-2-3-11(20)15(13)22)16(25-18(27)23-8)10-6-5-9(19)7-12(10)21/h2-7,16H,1H3,(H,24,26)(H2,23,25,27). The van der Waals surface area contributed by atoms with Gasteiger partial charge in [-0.15, -0.1) is 0 Å². The van der Waals surface area contributed by atoms with E-state index in [2.05, 4.69) is 16.0 Å². The number of carbonyl (C=O) groups is 2. The van der Waals surface area contributed by atoms with Crippen molar-refractivity contribution >= 4 is 64.0 Å². The number of halogens is 4. The SMILES string of the molecule is CC1=C(C(=O)Nc2cccc(Cl)c2Cl)C(c2ccc(Cl)cc2Cl)NC(=O)N1. The average molecular weight is 445 g/mol. The lowest BCUT2D eigenvalue weighted by Crippen LogP contribution is -2.46.